The Morgan fingerprint density at radius 3 is 2.80 bits per heavy atom. The smallest absolute Gasteiger partial charge is 0.237 e. The van der Waals surface area contributed by atoms with Crippen LogP contribution in [0.15, 0.2) is 53.7 Å². The van der Waals surface area contributed by atoms with Gasteiger partial charge in [-0.2, -0.15) is 0 Å². The van der Waals surface area contributed by atoms with E-state index in [0.717, 1.165) is 29.8 Å². The molecule has 0 spiro atoms. The molecule has 156 valence electrons. The number of aryl methyl sites for hydroxylation is 1. The third-order valence-electron chi connectivity index (χ3n) is 5.06. The molecule has 2 aromatic carbocycles. The fourth-order valence-corrected chi connectivity index (χ4v) is 4.48. The normalized spacial score (nSPS) is 13.3. The van der Waals surface area contributed by atoms with Crippen molar-refractivity contribution in [2.75, 3.05) is 30.9 Å². The SMILES string of the molecule is COCCn1c(SCC(=O)N2CCCc3cccc(F)c32)nnc1-c1ccccc1. The van der Waals surface area contributed by atoms with Gasteiger partial charge in [0, 0.05) is 19.2 Å². The van der Waals surface area contributed by atoms with Crippen LogP contribution in [0.25, 0.3) is 11.4 Å². The minimum absolute atomic E-state index is 0.131. The molecule has 0 saturated heterocycles. The highest BCUT2D eigenvalue weighted by atomic mass is 32.2. The Kier molecular flexibility index (Phi) is 6.44. The average molecular weight is 427 g/mol. The van der Waals surface area contributed by atoms with Gasteiger partial charge >= 0.3 is 0 Å². The first kappa shape index (κ1) is 20.6. The Morgan fingerprint density at radius 1 is 1.17 bits per heavy atom. The lowest BCUT2D eigenvalue weighted by atomic mass is 10.0. The zero-order valence-corrected chi connectivity index (χ0v) is 17.6. The van der Waals surface area contributed by atoms with E-state index in [-0.39, 0.29) is 17.5 Å². The zero-order chi connectivity index (χ0) is 20.9. The molecule has 0 atom stereocenters. The van der Waals surface area contributed by atoms with Gasteiger partial charge in [-0.15, -0.1) is 10.2 Å². The van der Waals surface area contributed by atoms with Crippen LogP contribution in [-0.4, -0.2) is 46.7 Å². The highest BCUT2D eigenvalue weighted by Gasteiger charge is 2.26. The van der Waals surface area contributed by atoms with E-state index in [0.29, 0.717) is 30.5 Å². The minimum Gasteiger partial charge on any atom is -0.383 e. The van der Waals surface area contributed by atoms with Gasteiger partial charge in [0.1, 0.15) is 5.82 Å². The summed E-state index contributed by atoms with van der Waals surface area (Å²) in [6, 6.07) is 14.8. The van der Waals surface area contributed by atoms with E-state index in [2.05, 4.69) is 10.2 Å². The van der Waals surface area contributed by atoms with Crippen LogP contribution in [0.1, 0.15) is 12.0 Å². The van der Waals surface area contributed by atoms with Crippen molar-refractivity contribution < 1.29 is 13.9 Å². The van der Waals surface area contributed by atoms with E-state index in [9.17, 15) is 9.18 Å². The lowest BCUT2D eigenvalue weighted by Crippen LogP contribution is -2.37. The average Bonchev–Trinajstić information content (AvgIpc) is 3.19. The predicted molar refractivity (Wildman–Crippen MR) is 115 cm³/mol. The van der Waals surface area contributed by atoms with Gasteiger partial charge < -0.3 is 9.64 Å². The molecule has 3 aromatic rings. The van der Waals surface area contributed by atoms with E-state index < -0.39 is 0 Å². The maximum Gasteiger partial charge on any atom is 0.237 e. The molecule has 0 saturated carbocycles. The molecule has 2 heterocycles. The Morgan fingerprint density at radius 2 is 2.00 bits per heavy atom. The lowest BCUT2D eigenvalue weighted by molar-refractivity contribution is -0.116. The van der Waals surface area contributed by atoms with E-state index in [1.807, 2.05) is 41.0 Å². The van der Waals surface area contributed by atoms with Crippen LogP contribution in [0.3, 0.4) is 0 Å². The highest BCUT2D eigenvalue weighted by molar-refractivity contribution is 7.99. The van der Waals surface area contributed by atoms with Crippen LogP contribution < -0.4 is 4.90 Å². The summed E-state index contributed by atoms with van der Waals surface area (Å²) in [5, 5.41) is 9.27. The van der Waals surface area contributed by atoms with Crippen LogP contribution in [0.4, 0.5) is 10.1 Å². The van der Waals surface area contributed by atoms with Crippen molar-refractivity contribution in [2.45, 2.75) is 24.5 Å². The van der Waals surface area contributed by atoms with Crippen LogP contribution >= 0.6 is 11.8 Å². The number of hydrogen-bond donors (Lipinski definition) is 0. The largest absolute Gasteiger partial charge is 0.383 e. The number of rotatable bonds is 7. The fraction of sp³-hybridized carbons (Fsp3) is 0.318. The number of carbonyl (C=O) groups excluding carboxylic acids is 1. The molecule has 0 radical (unpaired) electrons. The summed E-state index contributed by atoms with van der Waals surface area (Å²) in [6.45, 7) is 1.61. The number of anilines is 1. The van der Waals surface area contributed by atoms with Gasteiger partial charge in [-0.1, -0.05) is 54.2 Å². The summed E-state index contributed by atoms with van der Waals surface area (Å²) in [5.41, 5.74) is 2.25. The number of benzene rings is 2. The Balaban J connectivity index is 1.53. The summed E-state index contributed by atoms with van der Waals surface area (Å²) in [4.78, 5) is 14.5. The third-order valence-corrected chi connectivity index (χ3v) is 6.01. The molecule has 30 heavy (non-hydrogen) atoms. The number of thioether (sulfide) groups is 1. The molecule has 1 aliphatic heterocycles. The van der Waals surface area contributed by atoms with Gasteiger partial charge in [0.15, 0.2) is 11.0 Å². The van der Waals surface area contributed by atoms with Gasteiger partial charge in [0.2, 0.25) is 5.91 Å². The first-order valence-electron chi connectivity index (χ1n) is 9.87. The Labute approximate surface area is 179 Å². The van der Waals surface area contributed by atoms with Crippen molar-refractivity contribution in [2.24, 2.45) is 0 Å². The number of nitrogens with zero attached hydrogens (tertiary/aromatic N) is 4. The quantitative estimate of drug-likeness (QED) is 0.538. The van der Waals surface area contributed by atoms with Crippen molar-refractivity contribution in [1.29, 1.82) is 0 Å². The second-order valence-electron chi connectivity index (χ2n) is 7.00. The van der Waals surface area contributed by atoms with Gasteiger partial charge in [0.05, 0.1) is 24.6 Å². The number of fused-ring (bicyclic) bond motifs is 1. The van der Waals surface area contributed by atoms with Crippen molar-refractivity contribution in [3.63, 3.8) is 0 Å². The lowest BCUT2D eigenvalue weighted by Gasteiger charge is -2.29. The monoisotopic (exact) mass is 426 g/mol. The summed E-state index contributed by atoms with van der Waals surface area (Å²) in [5.74, 6) is 0.416. The molecule has 1 aromatic heterocycles. The highest BCUT2D eigenvalue weighted by Crippen LogP contribution is 2.31. The number of halogens is 1. The molecular formula is C22H23FN4O2S. The minimum atomic E-state index is -0.347. The topological polar surface area (TPSA) is 60.2 Å². The summed E-state index contributed by atoms with van der Waals surface area (Å²) in [6.07, 6.45) is 1.62. The van der Waals surface area contributed by atoms with Crippen LogP contribution in [0.5, 0.6) is 0 Å². The van der Waals surface area contributed by atoms with Crippen LogP contribution in [0, 0.1) is 5.82 Å². The second-order valence-corrected chi connectivity index (χ2v) is 7.94. The number of hydrogen-bond acceptors (Lipinski definition) is 5. The van der Waals surface area contributed by atoms with Crippen molar-refractivity contribution in [1.82, 2.24) is 14.8 Å². The maximum atomic E-state index is 14.4. The number of amides is 1. The number of methoxy groups -OCH3 is 1. The molecule has 1 aliphatic rings. The summed E-state index contributed by atoms with van der Waals surface area (Å²) in [7, 11) is 1.64. The summed E-state index contributed by atoms with van der Waals surface area (Å²) >= 11 is 1.32. The molecule has 0 aliphatic carbocycles. The van der Waals surface area contributed by atoms with Crippen LogP contribution in [-0.2, 0) is 22.5 Å². The molecule has 0 fully saturated rings. The van der Waals surface area contributed by atoms with Crippen LogP contribution in [0.2, 0.25) is 0 Å². The van der Waals surface area contributed by atoms with Crippen molar-refractivity contribution in [3.05, 3.63) is 59.9 Å². The second kappa shape index (κ2) is 9.40. The van der Waals surface area contributed by atoms with Gasteiger partial charge in [-0.3, -0.25) is 9.36 Å². The number of para-hydroxylation sites is 1. The Bertz CT molecular complexity index is 1030. The molecule has 6 nitrogen and oxygen atoms in total. The molecule has 0 unspecified atom stereocenters. The predicted octanol–water partition coefficient (Wildman–Crippen LogP) is 3.80. The van der Waals surface area contributed by atoms with Crippen molar-refractivity contribution in [3.8, 4) is 11.4 Å². The van der Waals surface area contributed by atoms with Crippen molar-refractivity contribution >= 4 is 23.4 Å². The van der Waals surface area contributed by atoms with Gasteiger partial charge in [-0.25, -0.2) is 4.39 Å². The molecule has 0 bridgehead atoms. The van der Waals surface area contributed by atoms with E-state index in [4.69, 9.17) is 4.74 Å². The first-order chi connectivity index (χ1) is 14.7. The van der Waals surface area contributed by atoms with E-state index in [1.165, 1.54) is 17.8 Å². The molecule has 0 N–H and O–H groups in total. The molecule has 4 rings (SSSR count). The first-order valence-corrected chi connectivity index (χ1v) is 10.9. The molecule has 8 heteroatoms. The number of aromatic nitrogens is 3. The maximum absolute atomic E-state index is 14.4. The molecular weight excluding hydrogens is 403 g/mol. The number of carbonyl (C=O) groups is 1. The zero-order valence-electron chi connectivity index (χ0n) is 16.8. The third kappa shape index (κ3) is 4.24. The van der Waals surface area contributed by atoms with Gasteiger partial charge in [-0.05, 0) is 24.5 Å². The standard InChI is InChI=1S/C22H23FN4O2S/c1-29-14-13-27-21(17-7-3-2-4-8-17)24-25-22(27)30-15-19(28)26-12-6-10-16-9-5-11-18(23)20(16)26/h2-5,7-9,11H,6,10,12-15H2,1H3. The Hall–Kier alpha value is -2.71. The fourth-order valence-electron chi connectivity index (χ4n) is 3.64. The molecule has 1 amide bonds. The number of ether oxygens (including phenoxy) is 1. The van der Waals surface area contributed by atoms with E-state index >= 15 is 0 Å². The van der Waals surface area contributed by atoms with Gasteiger partial charge in [0.25, 0.3) is 0 Å². The summed E-state index contributed by atoms with van der Waals surface area (Å²) < 4.78 is 21.6. The van der Waals surface area contributed by atoms with E-state index in [1.54, 1.807) is 18.1 Å².